The molecule has 0 radical (unpaired) electrons. The number of phenolic OH excluding ortho intramolecular Hbond substituents is 1. The van der Waals surface area contributed by atoms with Crippen LogP contribution < -0.4 is 11.5 Å². The van der Waals surface area contributed by atoms with E-state index in [1.807, 2.05) is 0 Å². The van der Waals surface area contributed by atoms with Gasteiger partial charge >= 0.3 is 0 Å². The zero-order chi connectivity index (χ0) is 43.6. The van der Waals surface area contributed by atoms with E-state index in [2.05, 4.69) is 20.5 Å². The van der Waals surface area contributed by atoms with Gasteiger partial charge in [0.2, 0.25) is 0 Å². The monoisotopic (exact) mass is 908 g/mol. The van der Waals surface area contributed by atoms with Crippen LogP contribution in [0, 0.1) is 0 Å². The molecule has 6 aromatic carbocycles. The summed E-state index contributed by atoms with van der Waals surface area (Å²) in [6, 6.07) is 15.3. The van der Waals surface area contributed by atoms with Crippen LogP contribution >= 0.6 is 0 Å². The number of nitrogens with zero attached hydrogens (tertiary/aromatic N) is 4. The Labute approximate surface area is 332 Å². The van der Waals surface area contributed by atoms with Crippen molar-refractivity contribution in [3.8, 4) is 16.9 Å². The lowest BCUT2D eigenvalue weighted by Gasteiger charge is -2.15. The summed E-state index contributed by atoms with van der Waals surface area (Å²) in [5.41, 5.74) is 7.28. The minimum absolute atomic E-state index is 0.0187. The van der Waals surface area contributed by atoms with E-state index < -0.39 is 125 Å². The molecule has 6 aromatic rings. The maximum atomic E-state index is 13.1. The summed E-state index contributed by atoms with van der Waals surface area (Å²) in [6.45, 7) is 0. The summed E-state index contributed by atoms with van der Waals surface area (Å²) in [6.07, 6.45) is 0. The first-order valence-electron chi connectivity index (χ1n) is 15.6. The quantitative estimate of drug-likeness (QED) is 0.0471. The maximum absolute atomic E-state index is 13.1. The van der Waals surface area contributed by atoms with Gasteiger partial charge in [-0.1, -0.05) is 36.4 Å². The Morgan fingerprint density at radius 3 is 1.61 bits per heavy atom. The van der Waals surface area contributed by atoms with E-state index in [4.69, 9.17) is 11.5 Å². The van der Waals surface area contributed by atoms with E-state index in [9.17, 15) is 70.0 Å². The molecule has 6 rings (SSSR count). The largest absolute Gasteiger partial charge is 0.505 e. The van der Waals surface area contributed by atoms with Crippen LogP contribution in [0.3, 0.4) is 0 Å². The van der Waals surface area contributed by atoms with Crippen molar-refractivity contribution in [1.82, 2.24) is 0 Å². The number of hydrogen-bond acceptors (Lipinski definition) is 17. The van der Waals surface area contributed by atoms with Crippen molar-refractivity contribution in [3.05, 3.63) is 84.9 Å². The van der Waals surface area contributed by atoms with Gasteiger partial charge in [0.1, 0.15) is 42.3 Å². The van der Waals surface area contributed by atoms with Crippen LogP contribution in [0.15, 0.2) is 130 Å². The molecule has 0 unspecified atom stereocenters. The lowest BCUT2D eigenvalue weighted by atomic mass is 9.99. The molecule has 0 aromatic heterocycles. The summed E-state index contributed by atoms with van der Waals surface area (Å²) < 4.78 is 175. The summed E-state index contributed by atoms with van der Waals surface area (Å²) in [4.78, 5) is -5.32. The predicted octanol–water partition coefficient (Wildman–Crippen LogP) is 5.59. The summed E-state index contributed by atoms with van der Waals surface area (Å²) in [7, 11) is -26.3. The van der Waals surface area contributed by atoms with Gasteiger partial charge in [0.05, 0.1) is 16.0 Å². The smallest absolute Gasteiger partial charge is 0.297 e. The van der Waals surface area contributed by atoms with Crippen LogP contribution in [0.25, 0.3) is 32.7 Å². The van der Waals surface area contributed by atoms with Crippen molar-refractivity contribution < 1.29 is 70.0 Å². The Balaban J connectivity index is 1.72. The number of rotatable bonds is 10. The van der Waals surface area contributed by atoms with Gasteiger partial charge in [0.25, 0.3) is 50.6 Å². The molecule has 0 saturated heterocycles. The maximum Gasteiger partial charge on any atom is 0.297 e. The van der Waals surface area contributed by atoms with E-state index in [-0.39, 0.29) is 22.2 Å². The summed E-state index contributed by atoms with van der Waals surface area (Å²) in [5.74, 6) is -1.29. The molecular formula is C32H24N6O16S5. The highest BCUT2D eigenvalue weighted by molar-refractivity contribution is 7.87. The number of aromatic hydroxyl groups is 1. The standard InChI is InChI=1S/C32H24N6O16S5/c33-18-7-9-23(56(43,44)45)22(13-18)35-38-30-25(58(49,50)51)12-17-11-24(57(46,47)48)29(27(34)26(17)31(30)39)37-36-28-20(15-4-2-1-3-5-15)10-16-6-8-19(55(40,41)42)14-21(16)32(28)59(52,53)54/h1-14,39H,33-34H2,(H,40,41,42)(H,43,44,45)(H,46,47,48)(H,49,50,51)(H,52,53,54). The molecule has 0 heterocycles. The Kier molecular flexibility index (Phi) is 10.6. The van der Waals surface area contributed by atoms with E-state index in [1.54, 1.807) is 6.07 Å². The molecule has 0 spiro atoms. The predicted molar refractivity (Wildman–Crippen MR) is 208 cm³/mol. The third-order valence-corrected chi connectivity index (χ3v) is 12.7. The van der Waals surface area contributed by atoms with Gasteiger partial charge in [0.15, 0.2) is 5.75 Å². The number of benzene rings is 6. The second kappa shape index (κ2) is 14.7. The topological polar surface area (TPSA) is 394 Å². The highest BCUT2D eigenvalue weighted by Crippen LogP contribution is 2.49. The zero-order valence-electron chi connectivity index (χ0n) is 28.8. The lowest BCUT2D eigenvalue weighted by molar-refractivity contribution is 0.472. The molecule has 0 aliphatic carbocycles. The molecule has 0 aliphatic heterocycles. The highest BCUT2D eigenvalue weighted by atomic mass is 32.2. The lowest BCUT2D eigenvalue weighted by Crippen LogP contribution is -2.04. The van der Waals surface area contributed by atoms with Crippen LogP contribution in [0.2, 0.25) is 0 Å². The second-order valence-electron chi connectivity index (χ2n) is 12.2. The fourth-order valence-corrected chi connectivity index (χ4v) is 9.12. The van der Waals surface area contributed by atoms with Crippen molar-refractivity contribution in [3.63, 3.8) is 0 Å². The first-order valence-corrected chi connectivity index (χ1v) is 22.8. The minimum Gasteiger partial charge on any atom is -0.505 e. The van der Waals surface area contributed by atoms with Gasteiger partial charge in [-0.05, 0) is 64.9 Å². The zero-order valence-corrected chi connectivity index (χ0v) is 32.9. The first kappa shape index (κ1) is 42.6. The van der Waals surface area contributed by atoms with Gasteiger partial charge in [-0.15, -0.1) is 20.5 Å². The minimum atomic E-state index is -5.47. The molecule has 0 aliphatic rings. The van der Waals surface area contributed by atoms with Gasteiger partial charge in [0, 0.05) is 16.6 Å². The molecule has 10 N–H and O–H groups in total. The van der Waals surface area contributed by atoms with E-state index in [1.165, 1.54) is 30.3 Å². The molecule has 27 heteroatoms. The number of nitrogens with two attached hydrogens (primary N) is 2. The molecule has 0 saturated carbocycles. The molecule has 0 fully saturated rings. The molecular weight excluding hydrogens is 885 g/mol. The number of hydrogen-bond donors (Lipinski definition) is 8. The molecule has 59 heavy (non-hydrogen) atoms. The van der Waals surface area contributed by atoms with Gasteiger partial charge in [-0.25, -0.2) is 0 Å². The average molecular weight is 909 g/mol. The van der Waals surface area contributed by atoms with Crippen molar-refractivity contribution in [2.75, 3.05) is 11.5 Å². The number of anilines is 2. The third kappa shape index (κ3) is 8.45. The Bertz CT molecular complexity index is 3440. The van der Waals surface area contributed by atoms with Crippen LogP contribution in [0.4, 0.5) is 34.1 Å². The Hall–Kier alpha value is -6.01. The number of phenols is 1. The molecule has 0 bridgehead atoms. The van der Waals surface area contributed by atoms with E-state index >= 15 is 0 Å². The summed E-state index contributed by atoms with van der Waals surface area (Å²) >= 11 is 0. The molecule has 0 atom stereocenters. The Morgan fingerprint density at radius 1 is 0.492 bits per heavy atom. The van der Waals surface area contributed by atoms with Crippen molar-refractivity contribution >= 4 is 106 Å². The van der Waals surface area contributed by atoms with Gasteiger partial charge in [-0.2, -0.15) is 42.1 Å². The highest BCUT2D eigenvalue weighted by Gasteiger charge is 2.30. The van der Waals surface area contributed by atoms with Gasteiger partial charge in [-0.3, -0.25) is 22.8 Å². The normalized spacial score (nSPS) is 13.2. The fraction of sp³-hybridized carbons (Fsp3) is 0. The van der Waals surface area contributed by atoms with Crippen molar-refractivity contribution in [1.29, 1.82) is 0 Å². The molecule has 308 valence electrons. The van der Waals surface area contributed by atoms with E-state index in [0.29, 0.717) is 18.2 Å². The number of fused-ring (bicyclic) bond motifs is 2. The molecule has 0 amide bonds. The third-order valence-electron chi connectivity index (χ3n) is 8.32. The van der Waals surface area contributed by atoms with Crippen LogP contribution in [0.1, 0.15) is 0 Å². The summed E-state index contributed by atoms with van der Waals surface area (Å²) in [5, 5.41) is 24.3. The fourth-order valence-electron chi connectivity index (χ4n) is 5.83. The first-order chi connectivity index (χ1) is 27.2. The van der Waals surface area contributed by atoms with Crippen molar-refractivity contribution in [2.45, 2.75) is 24.5 Å². The number of azo groups is 2. The Morgan fingerprint density at radius 2 is 1.05 bits per heavy atom. The SMILES string of the molecule is Nc1ccc(S(=O)(=O)O)c(N=Nc2c(S(=O)(=O)O)cc3cc(S(=O)(=O)O)c(N=Nc4c(-c5ccccc5)cc5ccc(S(=O)(=O)O)cc5c4S(=O)(=O)O)c(N)c3c2O)c1. The number of nitrogen functional groups attached to an aromatic ring is 2. The second-order valence-corrected chi connectivity index (χ2v) is 19.1. The van der Waals surface area contributed by atoms with Crippen LogP contribution in [-0.2, 0) is 50.6 Å². The van der Waals surface area contributed by atoms with E-state index in [0.717, 1.165) is 30.3 Å². The van der Waals surface area contributed by atoms with Crippen molar-refractivity contribution in [2.24, 2.45) is 20.5 Å². The average Bonchev–Trinajstić information content (AvgIpc) is 3.11. The van der Waals surface area contributed by atoms with Crippen LogP contribution in [0.5, 0.6) is 5.75 Å². The van der Waals surface area contributed by atoms with Gasteiger partial charge < -0.3 is 16.6 Å². The van der Waals surface area contributed by atoms with Crippen LogP contribution in [-0.4, -0.2) is 70.0 Å². The molecule has 22 nitrogen and oxygen atoms in total.